The Morgan fingerprint density at radius 2 is 1.45 bits per heavy atom. The Balaban J connectivity index is 0.000000401. The van der Waals surface area contributed by atoms with E-state index in [9.17, 15) is 9.90 Å². The molecule has 0 fully saturated rings. The van der Waals surface area contributed by atoms with Gasteiger partial charge in [-0.05, 0) is 5.56 Å². The van der Waals surface area contributed by atoms with E-state index in [4.69, 9.17) is 4.42 Å². The number of nitrogens with zero attached hydrogens (tertiary/aromatic N) is 1. The monoisotopic (exact) mass is 447 g/mol. The summed E-state index contributed by atoms with van der Waals surface area (Å²) in [5.74, 6) is 0.306. The maximum Gasteiger partial charge on any atom is 0.351 e. The number of hydrogen-bond acceptors (Lipinski definition) is 3. The fraction of sp³-hybridized carbons (Fsp3) is 0. The molecule has 1 aromatic heterocycles. The Bertz CT molecular complexity index is 1140. The SMILES string of the molecule is O=c1oc([C-]2[CH-][C-]=[C-][CH-]2)[n+](-c2ccccc2)c([O-])c1-c1ccccc1.[Fe].c1cc[cH-]c1. The van der Waals surface area contributed by atoms with Gasteiger partial charge in [0, 0.05) is 29.2 Å². The van der Waals surface area contributed by atoms with Gasteiger partial charge in [-0.3, -0.25) is 0 Å². The molecule has 5 rings (SSSR count). The van der Waals surface area contributed by atoms with Crippen LogP contribution in [0, 0.1) is 30.9 Å². The quantitative estimate of drug-likeness (QED) is 0.274. The van der Waals surface area contributed by atoms with Crippen LogP contribution in [-0.2, 0) is 17.1 Å². The molecule has 1 heterocycles. The summed E-state index contributed by atoms with van der Waals surface area (Å²) in [6.07, 6.45) is 8.83. The molecule has 31 heavy (non-hydrogen) atoms. The molecular weight excluding hydrogens is 430 g/mol. The molecule has 5 heteroatoms. The maximum absolute atomic E-state index is 13.2. The molecule has 3 aromatic carbocycles. The Kier molecular flexibility index (Phi) is 7.39. The van der Waals surface area contributed by atoms with E-state index in [0.29, 0.717) is 17.2 Å². The van der Waals surface area contributed by atoms with Gasteiger partial charge in [0.25, 0.3) is 0 Å². The Morgan fingerprint density at radius 3 is 2.00 bits per heavy atom. The third kappa shape index (κ3) is 4.92. The average molecular weight is 447 g/mol. The van der Waals surface area contributed by atoms with Crippen LogP contribution in [0.1, 0.15) is 5.89 Å². The molecule has 0 atom stereocenters. The summed E-state index contributed by atoms with van der Waals surface area (Å²) in [5.41, 5.74) is 0.482. The predicted molar refractivity (Wildman–Crippen MR) is 111 cm³/mol. The molecule has 0 spiro atoms. The molecule has 0 aliphatic heterocycles. The first kappa shape index (κ1) is 22.0. The van der Waals surface area contributed by atoms with E-state index >= 15 is 0 Å². The molecule has 0 radical (unpaired) electrons. The van der Waals surface area contributed by atoms with E-state index in [2.05, 4.69) is 12.2 Å². The number of rotatable bonds is 3. The van der Waals surface area contributed by atoms with E-state index in [1.807, 2.05) is 54.6 Å². The Labute approximate surface area is 192 Å². The fourth-order valence-corrected chi connectivity index (χ4v) is 3.05. The molecular formula is C26H17FeNO3-6. The van der Waals surface area contributed by atoms with Crippen LogP contribution in [0.2, 0.25) is 0 Å². The average Bonchev–Trinajstić information content (AvgIpc) is 3.52. The van der Waals surface area contributed by atoms with Crippen molar-refractivity contribution >= 4 is 0 Å². The molecule has 4 nitrogen and oxygen atoms in total. The van der Waals surface area contributed by atoms with E-state index in [1.54, 1.807) is 49.2 Å². The van der Waals surface area contributed by atoms with E-state index in [-0.39, 0.29) is 28.5 Å². The summed E-state index contributed by atoms with van der Waals surface area (Å²) < 4.78 is 6.94. The van der Waals surface area contributed by atoms with Crippen LogP contribution < -0.4 is 15.3 Å². The van der Waals surface area contributed by atoms with Crippen LogP contribution in [0.4, 0.5) is 0 Å². The van der Waals surface area contributed by atoms with Crippen molar-refractivity contribution in [3.05, 3.63) is 138 Å². The molecule has 158 valence electrons. The van der Waals surface area contributed by atoms with Crippen molar-refractivity contribution in [3.63, 3.8) is 0 Å². The maximum atomic E-state index is 13.2. The third-order valence-electron chi connectivity index (χ3n) is 4.43. The molecule has 0 saturated carbocycles. The molecule has 4 aromatic rings. The van der Waals surface area contributed by atoms with Crippen molar-refractivity contribution in [2.75, 3.05) is 0 Å². The smallest absolute Gasteiger partial charge is 0.351 e. The topological polar surface area (TPSA) is 57.2 Å². The molecule has 0 unspecified atom stereocenters. The summed E-state index contributed by atoms with van der Waals surface area (Å²) in [5, 5.41) is 13.2. The minimum absolute atomic E-state index is 0. The zero-order valence-corrected chi connectivity index (χ0v) is 17.4. The molecule has 0 amide bonds. The zero-order chi connectivity index (χ0) is 20.8. The number of benzene rings is 2. The van der Waals surface area contributed by atoms with Crippen molar-refractivity contribution < 1.29 is 31.2 Å². The Morgan fingerprint density at radius 1 is 0.871 bits per heavy atom. The number of allylic oxidation sites excluding steroid dienone is 2. The molecule has 0 saturated heterocycles. The number of para-hydroxylation sites is 1. The van der Waals surface area contributed by atoms with Gasteiger partial charge in [0.15, 0.2) is 11.8 Å². The summed E-state index contributed by atoms with van der Waals surface area (Å²) >= 11 is 0. The number of hydrogen-bond donors (Lipinski definition) is 0. The van der Waals surface area contributed by atoms with Gasteiger partial charge >= 0.3 is 5.63 Å². The van der Waals surface area contributed by atoms with Gasteiger partial charge in [0.1, 0.15) is 5.56 Å². The van der Waals surface area contributed by atoms with Crippen molar-refractivity contribution in [1.82, 2.24) is 0 Å². The minimum atomic E-state index is -0.667. The van der Waals surface area contributed by atoms with Gasteiger partial charge in [0.2, 0.25) is 5.69 Å². The standard InChI is InChI=1S/C21H13NO3.C5H5.Fe/c23-19-18(15-9-3-1-4-10-15)21(24)25-20(16-11-7-8-12-16)22(19)17-13-5-2-6-14-17;1-2-4-5-3-1;/h1-6,9-14,23H;1-5H;/q-4;-1;/p-1. The second-order valence-corrected chi connectivity index (χ2v) is 6.41. The predicted octanol–water partition coefficient (Wildman–Crippen LogP) is 3.57. The second-order valence-electron chi connectivity index (χ2n) is 6.41. The molecule has 1 aliphatic rings. The van der Waals surface area contributed by atoms with Gasteiger partial charge in [0.05, 0.1) is 0 Å². The van der Waals surface area contributed by atoms with Crippen LogP contribution >= 0.6 is 0 Å². The van der Waals surface area contributed by atoms with E-state index in [0.717, 1.165) is 0 Å². The van der Waals surface area contributed by atoms with Crippen molar-refractivity contribution in [2.24, 2.45) is 0 Å². The van der Waals surface area contributed by atoms with Crippen LogP contribution in [-0.4, -0.2) is 0 Å². The summed E-state index contributed by atoms with van der Waals surface area (Å²) in [4.78, 5) is 12.5. The van der Waals surface area contributed by atoms with Crippen LogP contribution in [0.3, 0.4) is 0 Å². The van der Waals surface area contributed by atoms with Gasteiger partial charge in [-0.25, -0.2) is 16.9 Å². The van der Waals surface area contributed by atoms with Gasteiger partial charge in [-0.15, -0.1) is 0 Å². The molecule has 0 N–H and O–H groups in total. The second kappa shape index (κ2) is 10.4. The normalized spacial score (nSPS) is 11.5. The third-order valence-corrected chi connectivity index (χ3v) is 4.43. The first-order valence-electron chi connectivity index (χ1n) is 9.38. The first-order chi connectivity index (χ1) is 14.8. The zero-order valence-electron chi connectivity index (χ0n) is 16.3. The molecule has 0 bridgehead atoms. The van der Waals surface area contributed by atoms with E-state index < -0.39 is 11.5 Å². The van der Waals surface area contributed by atoms with Gasteiger partial charge in [-0.2, -0.15) is 22.8 Å². The Hall–Kier alpha value is -3.66. The van der Waals surface area contributed by atoms with Crippen molar-refractivity contribution in [1.29, 1.82) is 0 Å². The molecule has 1 aliphatic carbocycles. The summed E-state index contributed by atoms with van der Waals surface area (Å²) in [6.45, 7) is 0. The minimum Gasteiger partial charge on any atom is -0.970 e. The summed E-state index contributed by atoms with van der Waals surface area (Å²) in [7, 11) is 0. The fourth-order valence-electron chi connectivity index (χ4n) is 3.05. The number of aromatic nitrogens is 1. The van der Waals surface area contributed by atoms with Crippen LogP contribution in [0.25, 0.3) is 16.8 Å². The van der Waals surface area contributed by atoms with Crippen molar-refractivity contribution in [2.45, 2.75) is 0 Å². The van der Waals surface area contributed by atoms with E-state index in [1.165, 1.54) is 4.57 Å². The first-order valence-corrected chi connectivity index (χ1v) is 9.38. The van der Waals surface area contributed by atoms with Gasteiger partial charge in [-0.1, -0.05) is 48.5 Å². The largest absolute Gasteiger partial charge is 0.970 e. The van der Waals surface area contributed by atoms with Crippen LogP contribution in [0.5, 0.6) is 5.88 Å². The van der Waals surface area contributed by atoms with Crippen LogP contribution in [0.15, 0.2) is 100 Å². The van der Waals surface area contributed by atoms with Gasteiger partial charge < -0.3 is 40.4 Å². The van der Waals surface area contributed by atoms with Crippen molar-refractivity contribution in [3.8, 4) is 22.7 Å². The summed E-state index contributed by atoms with van der Waals surface area (Å²) in [6, 6.07) is 27.9.